The third kappa shape index (κ3) is 3.76. The Balaban J connectivity index is 1.63. The van der Waals surface area contributed by atoms with Crippen molar-refractivity contribution < 1.29 is 4.79 Å². The molecule has 0 atom stereocenters. The predicted octanol–water partition coefficient (Wildman–Crippen LogP) is 2.51. The second kappa shape index (κ2) is 6.43. The topological polar surface area (TPSA) is 55.1 Å². The molecule has 0 saturated heterocycles. The van der Waals surface area contributed by atoms with E-state index in [1.807, 2.05) is 24.3 Å². The maximum Gasteiger partial charge on any atom is 0.220 e. The van der Waals surface area contributed by atoms with Crippen LogP contribution in [0.3, 0.4) is 0 Å². The number of benzene rings is 1. The Kier molecular flexibility index (Phi) is 4.62. The summed E-state index contributed by atoms with van der Waals surface area (Å²) in [4.78, 5) is 11.7. The minimum absolute atomic E-state index is 0.137. The maximum absolute atomic E-state index is 11.7. The van der Waals surface area contributed by atoms with Crippen LogP contribution in [0, 0.1) is 5.92 Å². The van der Waals surface area contributed by atoms with Crippen molar-refractivity contribution in [3.8, 4) is 0 Å². The molecule has 98 valence electrons. The van der Waals surface area contributed by atoms with Crippen molar-refractivity contribution in [2.45, 2.75) is 38.5 Å². The Hall–Kier alpha value is -1.51. The van der Waals surface area contributed by atoms with Crippen LogP contribution in [0.1, 0.15) is 37.7 Å². The van der Waals surface area contributed by atoms with Gasteiger partial charge in [0.1, 0.15) is 0 Å². The number of nitrogens with one attached hydrogen (secondary N) is 1. The average Bonchev–Trinajstić information content (AvgIpc) is 2.31. The van der Waals surface area contributed by atoms with Crippen LogP contribution in [0.4, 0.5) is 5.69 Å². The number of aryl methyl sites for hydroxylation is 1. The van der Waals surface area contributed by atoms with Crippen LogP contribution in [0.25, 0.3) is 0 Å². The molecule has 0 heterocycles. The molecular weight excluding hydrogens is 224 g/mol. The minimum atomic E-state index is 0.137. The maximum atomic E-state index is 11.7. The van der Waals surface area contributed by atoms with Crippen molar-refractivity contribution in [2.75, 3.05) is 12.3 Å². The van der Waals surface area contributed by atoms with E-state index >= 15 is 0 Å². The molecule has 0 radical (unpaired) electrons. The summed E-state index contributed by atoms with van der Waals surface area (Å²) in [6.07, 6.45) is 6.44. The molecule has 0 aromatic heterocycles. The molecule has 18 heavy (non-hydrogen) atoms. The van der Waals surface area contributed by atoms with Crippen LogP contribution in [-0.2, 0) is 11.2 Å². The number of rotatable bonds is 6. The van der Waals surface area contributed by atoms with Gasteiger partial charge in [0.2, 0.25) is 5.91 Å². The monoisotopic (exact) mass is 246 g/mol. The molecule has 2 rings (SSSR count). The van der Waals surface area contributed by atoms with E-state index in [2.05, 4.69) is 5.32 Å². The lowest BCUT2D eigenvalue weighted by Crippen LogP contribution is -2.27. The zero-order chi connectivity index (χ0) is 12.8. The molecular formula is C15H22N2O. The van der Waals surface area contributed by atoms with Crippen LogP contribution in [0.2, 0.25) is 0 Å². The van der Waals surface area contributed by atoms with Crippen LogP contribution in [0.15, 0.2) is 24.3 Å². The molecule has 0 unspecified atom stereocenters. The minimum Gasteiger partial charge on any atom is -0.399 e. The summed E-state index contributed by atoms with van der Waals surface area (Å²) in [7, 11) is 0. The van der Waals surface area contributed by atoms with Gasteiger partial charge in [0, 0.05) is 18.7 Å². The lowest BCUT2D eigenvalue weighted by Gasteiger charge is -2.25. The van der Waals surface area contributed by atoms with E-state index in [-0.39, 0.29) is 5.91 Å². The van der Waals surface area contributed by atoms with E-state index in [1.54, 1.807) is 0 Å². The molecule has 1 aromatic rings. The molecule has 1 saturated carbocycles. The number of hydrogen-bond donors (Lipinski definition) is 2. The fourth-order valence-electron chi connectivity index (χ4n) is 2.30. The van der Waals surface area contributed by atoms with Gasteiger partial charge in [-0.25, -0.2) is 0 Å². The van der Waals surface area contributed by atoms with Gasteiger partial charge in [-0.05, 0) is 30.4 Å². The van der Waals surface area contributed by atoms with E-state index in [9.17, 15) is 4.79 Å². The molecule has 1 aromatic carbocycles. The second-order valence-corrected chi connectivity index (χ2v) is 5.13. The van der Waals surface area contributed by atoms with Gasteiger partial charge in [0.25, 0.3) is 0 Å². The average molecular weight is 246 g/mol. The van der Waals surface area contributed by atoms with Crippen molar-refractivity contribution >= 4 is 11.6 Å². The van der Waals surface area contributed by atoms with Gasteiger partial charge in [-0.3, -0.25) is 4.79 Å². The van der Waals surface area contributed by atoms with Crippen molar-refractivity contribution in [3.05, 3.63) is 29.8 Å². The SMILES string of the molecule is Nc1ccccc1CCC(=O)NCCC1CCC1. The summed E-state index contributed by atoms with van der Waals surface area (Å²) in [5.41, 5.74) is 7.68. The highest BCUT2D eigenvalue weighted by Crippen LogP contribution is 2.28. The zero-order valence-electron chi connectivity index (χ0n) is 10.8. The molecule has 1 fully saturated rings. The molecule has 3 N–H and O–H groups in total. The lowest BCUT2D eigenvalue weighted by molar-refractivity contribution is -0.121. The van der Waals surface area contributed by atoms with Crippen LogP contribution < -0.4 is 11.1 Å². The van der Waals surface area contributed by atoms with Gasteiger partial charge in [-0.1, -0.05) is 37.5 Å². The fraction of sp³-hybridized carbons (Fsp3) is 0.533. The molecule has 0 aliphatic heterocycles. The summed E-state index contributed by atoms with van der Waals surface area (Å²) in [6, 6.07) is 7.73. The lowest BCUT2D eigenvalue weighted by atomic mass is 9.83. The molecule has 3 heteroatoms. The summed E-state index contributed by atoms with van der Waals surface area (Å²) < 4.78 is 0. The third-order valence-corrected chi connectivity index (χ3v) is 3.78. The van der Waals surface area contributed by atoms with E-state index in [0.29, 0.717) is 6.42 Å². The highest BCUT2D eigenvalue weighted by molar-refractivity contribution is 5.76. The first kappa shape index (κ1) is 12.9. The highest BCUT2D eigenvalue weighted by atomic mass is 16.1. The molecule has 1 aliphatic rings. The number of nitrogen functional groups attached to an aromatic ring is 1. The van der Waals surface area contributed by atoms with E-state index in [1.165, 1.54) is 19.3 Å². The van der Waals surface area contributed by atoms with Crippen molar-refractivity contribution in [3.63, 3.8) is 0 Å². The van der Waals surface area contributed by atoms with Crippen LogP contribution in [-0.4, -0.2) is 12.5 Å². The molecule has 0 spiro atoms. The number of hydrogen-bond acceptors (Lipinski definition) is 2. The Morgan fingerprint density at radius 2 is 2.11 bits per heavy atom. The van der Waals surface area contributed by atoms with Gasteiger partial charge in [-0.15, -0.1) is 0 Å². The van der Waals surface area contributed by atoms with Gasteiger partial charge < -0.3 is 11.1 Å². The van der Waals surface area contributed by atoms with Crippen molar-refractivity contribution in [1.82, 2.24) is 5.32 Å². The first-order valence-corrected chi connectivity index (χ1v) is 6.86. The molecule has 1 aliphatic carbocycles. The standard InChI is InChI=1S/C15H22N2O/c16-14-7-2-1-6-13(14)8-9-15(18)17-11-10-12-4-3-5-12/h1-2,6-7,12H,3-5,8-11,16H2,(H,17,18). The van der Waals surface area contributed by atoms with E-state index in [0.717, 1.165) is 36.6 Å². The quantitative estimate of drug-likeness (QED) is 0.758. The molecule has 1 amide bonds. The van der Waals surface area contributed by atoms with Crippen molar-refractivity contribution in [1.29, 1.82) is 0 Å². The van der Waals surface area contributed by atoms with Crippen molar-refractivity contribution in [2.24, 2.45) is 5.92 Å². The first-order valence-electron chi connectivity index (χ1n) is 6.86. The van der Waals surface area contributed by atoms with Crippen LogP contribution in [0.5, 0.6) is 0 Å². The zero-order valence-corrected chi connectivity index (χ0v) is 10.8. The molecule has 3 nitrogen and oxygen atoms in total. The van der Waals surface area contributed by atoms with Gasteiger partial charge in [0.15, 0.2) is 0 Å². The van der Waals surface area contributed by atoms with Crippen LogP contribution >= 0.6 is 0 Å². The van der Waals surface area contributed by atoms with Gasteiger partial charge in [0.05, 0.1) is 0 Å². The fourth-order valence-corrected chi connectivity index (χ4v) is 2.30. The largest absolute Gasteiger partial charge is 0.399 e. The van der Waals surface area contributed by atoms with Gasteiger partial charge >= 0.3 is 0 Å². The van der Waals surface area contributed by atoms with Gasteiger partial charge in [-0.2, -0.15) is 0 Å². The van der Waals surface area contributed by atoms with E-state index in [4.69, 9.17) is 5.73 Å². The number of nitrogens with two attached hydrogens (primary N) is 1. The number of carbonyl (C=O) groups excluding carboxylic acids is 1. The Morgan fingerprint density at radius 3 is 2.78 bits per heavy atom. The number of carbonyl (C=O) groups is 1. The molecule has 0 bridgehead atoms. The number of para-hydroxylation sites is 1. The smallest absolute Gasteiger partial charge is 0.220 e. The predicted molar refractivity (Wildman–Crippen MR) is 74.1 cm³/mol. The van der Waals surface area contributed by atoms with E-state index < -0.39 is 0 Å². The summed E-state index contributed by atoms with van der Waals surface area (Å²) >= 11 is 0. The normalized spacial score (nSPS) is 15.1. The number of anilines is 1. The second-order valence-electron chi connectivity index (χ2n) is 5.13. The Morgan fingerprint density at radius 1 is 1.33 bits per heavy atom. The summed E-state index contributed by atoms with van der Waals surface area (Å²) in [6.45, 7) is 0.827. The highest BCUT2D eigenvalue weighted by Gasteiger charge is 2.16. The number of amides is 1. The first-order chi connectivity index (χ1) is 8.75. The summed E-state index contributed by atoms with van der Waals surface area (Å²) in [5.74, 6) is 0.993. The Labute approximate surface area is 109 Å². The Bertz CT molecular complexity index is 399. The summed E-state index contributed by atoms with van der Waals surface area (Å²) in [5, 5.41) is 2.99. The third-order valence-electron chi connectivity index (χ3n) is 3.78.